The van der Waals surface area contributed by atoms with E-state index in [1.807, 2.05) is 12.2 Å². The van der Waals surface area contributed by atoms with Crippen LogP contribution in [-0.4, -0.2) is 6.54 Å². The summed E-state index contributed by atoms with van der Waals surface area (Å²) in [4.78, 5) is 0. The van der Waals surface area contributed by atoms with Gasteiger partial charge in [0.15, 0.2) is 0 Å². The highest BCUT2D eigenvalue weighted by Gasteiger charge is 2.24. The zero-order valence-electron chi connectivity index (χ0n) is 8.18. The van der Waals surface area contributed by atoms with Crippen molar-refractivity contribution in [3.63, 3.8) is 0 Å². The SMILES string of the molecule is C=CCC(CN)(CC=C)CCC. The van der Waals surface area contributed by atoms with Crippen LogP contribution in [0.4, 0.5) is 0 Å². The molecule has 0 aliphatic rings. The van der Waals surface area contributed by atoms with Crippen molar-refractivity contribution < 1.29 is 0 Å². The van der Waals surface area contributed by atoms with Gasteiger partial charge in [-0.1, -0.05) is 25.5 Å². The summed E-state index contributed by atoms with van der Waals surface area (Å²) in [5, 5.41) is 0. The summed E-state index contributed by atoms with van der Waals surface area (Å²) >= 11 is 0. The van der Waals surface area contributed by atoms with Gasteiger partial charge < -0.3 is 5.73 Å². The topological polar surface area (TPSA) is 26.0 Å². The molecule has 0 amide bonds. The van der Waals surface area contributed by atoms with Gasteiger partial charge in [-0.05, 0) is 31.2 Å². The van der Waals surface area contributed by atoms with Gasteiger partial charge >= 0.3 is 0 Å². The van der Waals surface area contributed by atoms with Gasteiger partial charge in [-0.3, -0.25) is 0 Å². The summed E-state index contributed by atoms with van der Waals surface area (Å²) in [5.74, 6) is 0. The molecule has 0 saturated carbocycles. The highest BCUT2D eigenvalue weighted by molar-refractivity contribution is 4.92. The first-order chi connectivity index (χ1) is 5.74. The summed E-state index contributed by atoms with van der Waals surface area (Å²) in [6.07, 6.45) is 8.28. The van der Waals surface area contributed by atoms with Crippen LogP contribution in [0.1, 0.15) is 32.6 Å². The largest absolute Gasteiger partial charge is 0.330 e. The van der Waals surface area contributed by atoms with Crippen molar-refractivity contribution in [3.8, 4) is 0 Å². The maximum Gasteiger partial charge on any atom is -0.00146 e. The third-order valence-electron chi connectivity index (χ3n) is 2.37. The van der Waals surface area contributed by atoms with Gasteiger partial charge in [0.05, 0.1) is 0 Å². The van der Waals surface area contributed by atoms with Crippen molar-refractivity contribution in [3.05, 3.63) is 25.3 Å². The molecule has 1 heteroatoms. The molecular weight excluding hydrogens is 146 g/mol. The first kappa shape index (κ1) is 11.4. The van der Waals surface area contributed by atoms with Crippen molar-refractivity contribution in [1.82, 2.24) is 0 Å². The Kier molecular flexibility index (Phi) is 5.73. The summed E-state index contributed by atoms with van der Waals surface area (Å²) in [6, 6.07) is 0. The summed E-state index contributed by atoms with van der Waals surface area (Å²) in [7, 11) is 0. The average molecular weight is 167 g/mol. The van der Waals surface area contributed by atoms with Gasteiger partial charge in [0.25, 0.3) is 0 Å². The van der Waals surface area contributed by atoms with Crippen LogP contribution in [0.2, 0.25) is 0 Å². The van der Waals surface area contributed by atoms with Gasteiger partial charge in [0.2, 0.25) is 0 Å². The number of nitrogens with two attached hydrogens (primary N) is 1. The fraction of sp³-hybridized carbons (Fsp3) is 0.636. The summed E-state index contributed by atoms with van der Waals surface area (Å²) in [6.45, 7) is 10.5. The van der Waals surface area contributed by atoms with Crippen molar-refractivity contribution in [2.24, 2.45) is 11.1 Å². The zero-order chi connectivity index (χ0) is 9.45. The molecule has 1 nitrogen and oxygen atoms in total. The number of allylic oxidation sites excluding steroid dienone is 2. The Morgan fingerprint density at radius 3 is 2.00 bits per heavy atom. The summed E-state index contributed by atoms with van der Waals surface area (Å²) in [5.41, 5.74) is 6.00. The Morgan fingerprint density at radius 2 is 1.75 bits per heavy atom. The molecule has 0 spiro atoms. The lowest BCUT2D eigenvalue weighted by Gasteiger charge is -2.29. The van der Waals surface area contributed by atoms with Gasteiger partial charge in [0.1, 0.15) is 0 Å². The summed E-state index contributed by atoms with van der Waals surface area (Å²) < 4.78 is 0. The highest BCUT2D eigenvalue weighted by atomic mass is 14.6. The minimum Gasteiger partial charge on any atom is -0.330 e. The van der Waals surface area contributed by atoms with Crippen LogP contribution in [0.3, 0.4) is 0 Å². The molecule has 0 atom stereocenters. The molecule has 0 rings (SSSR count). The van der Waals surface area contributed by atoms with Crippen molar-refractivity contribution in [1.29, 1.82) is 0 Å². The van der Waals surface area contributed by atoms with Gasteiger partial charge in [-0.2, -0.15) is 0 Å². The fourth-order valence-electron chi connectivity index (χ4n) is 1.70. The molecule has 0 bridgehead atoms. The molecule has 0 fully saturated rings. The van der Waals surface area contributed by atoms with Crippen LogP contribution in [0.15, 0.2) is 25.3 Å². The normalized spacial score (nSPS) is 11.2. The minimum absolute atomic E-state index is 0.234. The Bertz CT molecular complexity index is 128. The average Bonchev–Trinajstić information content (AvgIpc) is 2.06. The molecular formula is C11H21N. The zero-order valence-corrected chi connectivity index (χ0v) is 8.18. The second kappa shape index (κ2) is 6.01. The van der Waals surface area contributed by atoms with Crippen LogP contribution >= 0.6 is 0 Å². The predicted octanol–water partition coefficient (Wildman–Crippen LogP) is 2.88. The molecule has 0 aromatic heterocycles. The van der Waals surface area contributed by atoms with E-state index in [0.717, 1.165) is 19.4 Å². The Hall–Kier alpha value is -0.560. The third-order valence-corrected chi connectivity index (χ3v) is 2.37. The van der Waals surface area contributed by atoms with Crippen LogP contribution in [0.5, 0.6) is 0 Å². The second-order valence-electron chi connectivity index (χ2n) is 3.44. The molecule has 0 saturated heterocycles. The Labute approximate surface area is 76.3 Å². The van der Waals surface area contributed by atoms with Crippen LogP contribution < -0.4 is 5.73 Å². The Balaban J connectivity index is 4.25. The van der Waals surface area contributed by atoms with Gasteiger partial charge in [0, 0.05) is 0 Å². The molecule has 0 aliphatic carbocycles. The van der Waals surface area contributed by atoms with E-state index in [0.29, 0.717) is 0 Å². The van der Waals surface area contributed by atoms with Crippen molar-refractivity contribution in [2.75, 3.05) is 6.54 Å². The van der Waals surface area contributed by atoms with E-state index in [1.165, 1.54) is 12.8 Å². The lowest BCUT2D eigenvalue weighted by molar-refractivity contribution is 0.277. The van der Waals surface area contributed by atoms with E-state index < -0.39 is 0 Å². The molecule has 0 aromatic carbocycles. The second-order valence-corrected chi connectivity index (χ2v) is 3.44. The predicted molar refractivity (Wildman–Crippen MR) is 56.0 cm³/mol. The first-order valence-corrected chi connectivity index (χ1v) is 4.66. The Morgan fingerprint density at radius 1 is 1.25 bits per heavy atom. The van der Waals surface area contributed by atoms with Gasteiger partial charge in [-0.25, -0.2) is 0 Å². The van der Waals surface area contributed by atoms with Crippen molar-refractivity contribution >= 4 is 0 Å². The van der Waals surface area contributed by atoms with E-state index in [4.69, 9.17) is 5.73 Å². The van der Waals surface area contributed by atoms with Crippen molar-refractivity contribution in [2.45, 2.75) is 32.6 Å². The molecule has 0 heterocycles. The highest BCUT2D eigenvalue weighted by Crippen LogP contribution is 2.31. The maximum atomic E-state index is 5.77. The van der Waals surface area contributed by atoms with E-state index in [9.17, 15) is 0 Å². The van der Waals surface area contributed by atoms with Gasteiger partial charge in [-0.15, -0.1) is 13.2 Å². The smallest absolute Gasteiger partial charge is 0.00146 e. The molecule has 12 heavy (non-hydrogen) atoms. The minimum atomic E-state index is 0.234. The number of hydrogen-bond acceptors (Lipinski definition) is 1. The van der Waals surface area contributed by atoms with Crippen LogP contribution in [0.25, 0.3) is 0 Å². The molecule has 0 unspecified atom stereocenters. The van der Waals surface area contributed by atoms with Crippen LogP contribution in [0, 0.1) is 5.41 Å². The van der Waals surface area contributed by atoms with Crippen LogP contribution in [-0.2, 0) is 0 Å². The van der Waals surface area contributed by atoms with E-state index in [-0.39, 0.29) is 5.41 Å². The molecule has 0 radical (unpaired) electrons. The third kappa shape index (κ3) is 3.22. The monoisotopic (exact) mass is 167 g/mol. The fourth-order valence-corrected chi connectivity index (χ4v) is 1.70. The molecule has 0 aliphatic heterocycles. The number of hydrogen-bond donors (Lipinski definition) is 1. The van der Waals surface area contributed by atoms with E-state index in [2.05, 4.69) is 20.1 Å². The molecule has 0 aromatic rings. The first-order valence-electron chi connectivity index (χ1n) is 4.66. The lowest BCUT2D eigenvalue weighted by Crippen LogP contribution is -2.29. The lowest BCUT2D eigenvalue weighted by atomic mass is 9.77. The quantitative estimate of drug-likeness (QED) is 0.580. The standard InChI is InChI=1S/C11H21N/c1-4-7-11(10-12,8-5-2)9-6-3/h4-5H,1-2,6-10,12H2,3H3. The maximum absolute atomic E-state index is 5.77. The van der Waals surface area contributed by atoms with E-state index in [1.54, 1.807) is 0 Å². The molecule has 2 N–H and O–H groups in total. The number of rotatable bonds is 7. The van der Waals surface area contributed by atoms with E-state index >= 15 is 0 Å². The molecule has 70 valence electrons.